The second-order valence-electron chi connectivity index (χ2n) is 6.31. The number of amides is 1. The normalized spacial score (nSPS) is 15.0. The SMILES string of the molecule is O=C(O)c1cc(-c2ccc(C=C3NC(=S)N(c4ccc(Cl)cc4)C3=O)o2)ccc1Cl. The van der Waals surface area contributed by atoms with Crippen molar-refractivity contribution >= 4 is 64.2 Å². The lowest BCUT2D eigenvalue weighted by molar-refractivity contribution is -0.113. The van der Waals surface area contributed by atoms with Gasteiger partial charge >= 0.3 is 5.97 Å². The number of halogens is 2. The molecule has 1 aromatic heterocycles. The maximum absolute atomic E-state index is 12.8. The van der Waals surface area contributed by atoms with Crippen LogP contribution in [0.25, 0.3) is 17.4 Å². The van der Waals surface area contributed by atoms with Crippen LogP contribution in [0.3, 0.4) is 0 Å². The number of thiocarbonyl (C=S) groups is 1. The van der Waals surface area contributed by atoms with E-state index in [4.69, 9.17) is 39.8 Å². The summed E-state index contributed by atoms with van der Waals surface area (Å²) in [4.78, 5) is 25.4. The van der Waals surface area contributed by atoms with E-state index in [1.165, 1.54) is 23.1 Å². The van der Waals surface area contributed by atoms with Crippen LogP contribution < -0.4 is 10.2 Å². The minimum atomic E-state index is -1.13. The summed E-state index contributed by atoms with van der Waals surface area (Å²) < 4.78 is 5.76. The van der Waals surface area contributed by atoms with Crippen LogP contribution in [0.1, 0.15) is 16.1 Å². The summed E-state index contributed by atoms with van der Waals surface area (Å²) in [6.45, 7) is 0. The number of hydrogen-bond donors (Lipinski definition) is 2. The van der Waals surface area contributed by atoms with Gasteiger partial charge in [-0.25, -0.2) is 4.79 Å². The number of rotatable bonds is 4. The molecule has 6 nitrogen and oxygen atoms in total. The molecule has 1 fully saturated rings. The summed E-state index contributed by atoms with van der Waals surface area (Å²) in [7, 11) is 0. The van der Waals surface area contributed by atoms with Crippen molar-refractivity contribution in [1.82, 2.24) is 5.32 Å². The molecule has 2 aromatic carbocycles. The monoisotopic (exact) mass is 458 g/mol. The van der Waals surface area contributed by atoms with Gasteiger partial charge in [-0.3, -0.25) is 9.69 Å². The lowest BCUT2D eigenvalue weighted by atomic mass is 10.1. The minimum absolute atomic E-state index is 0.0259. The number of carbonyl (C=O) groups is 2. The second kappa shape index (κ2) is 7.95. The molecule has 2 heterocycles. The van der Waals surface area contributed by atoms with Crippen molar-refractivity contribution in [3.05, 3.63) is 81.7 Å². The molecule has 0 spiro atoms. The smallest absolute Gasteiger partial charge is 0.337 e. The minimum Gasteiger partial charge on any atom is -0.478 e. The fourth-order valence-electron chi connectivity index (χ4n) is 2.93. The van der Waals surface area contributed by atoms with Gasteiger partial charge in [-0.15, -0.1) is 0 Å². The number of carboxylic acid groups (broad SMARTS) is 1. The van der Waals surface area contributed by atoms with Crippen molar-refractivity contribution in [2.24, 2.45) is 0 Å². The zero-order valence-corrected chi connectivity index (χ0v) is 17.4. The molecule has 150 valence electrons. The number of furan rings is 1. The summed E-state index contributed by atoms with van der Waals surface area (Å²) >= 11 is 17.1. The number of benzene rings is 2. The zero-order valence-electron chi connectivity index (χ0n) is 15.1. The number of aromatic carboxylic acids is 1. The van der Waals surface area contributed by atoms with Crippen LogP contribution in [-0.2, 0) is 4.79 Å². The Morgan fingerprint density at radius 2 is 1.83 bits per heavy atom. The molecule has 1 aliphatic heterocycles. The molecule has 0 aliphatic carbocycles. The van der Waals surface area contributed by atoms with Gasteiger partial charge in [0.05, 0.1) is 16.3 Å². The van der Waals surface area contributed by atoms with Gasteiger partial charge in [-0.05, 0) is 66.8 Å². The Morgan fingerprint density at radius 1 is 1.10 bits per heavy atom. The van der Waals surface area contributed by atoms with Gasteiger partial charge in [-0.2, -0.15) is 0 Å². The zero-order chi connectivity index (χ0) is 21.4. The van der Waals surface area contributed by atoms with Gasteiger partial charge in [0.2, 0.25) is 0 Å². The Kier molecular flexibility index (Phi) is 5.34. The quantitative estimate of drug-likeness (QED) is 0.412. The highest BCUT2D eigenvalue weighted by atomic mass is 35.5. The van der Waals surface area contributed by atoms with E-state index in [1.54, 1.807) is 42.5 Å². The first-order chi connectivity index (χ1) is 14.3. The van der Waals surface area contributed by atoms with Crippen LogP contribution in [0.2, 0.25) is 10.0 Å². The molecule has 1 saturated heterocycles. The van der Waals surface area contributed by atoms with Gasteiger partial charge < -0.3 is 14.8 Å². The molecular formula is C21H12Cl2N2O4S. The summed E-state index contributed by atoms with van der Waals surface area (Å²) in [5, 5.41) is 13.0. The Balaban J connectivity index is 1.61. The van der Waals surface area contributed by atoms with Crippen molar-refractivity contribution < 1.29 is 19.1 Å². The molecule has 0 radical (unpaired) electrons. The maximum atomic E-state index is 12.8. The molecule has 1 amide bonds. The average molecular weight is 459 g/mol. The fourth-order valence-corrected chi connectivity index (χ4v) is 3.55. The summed E-state index contributed by atoms with van der Waals surface area (Å²) in [6.07, 6.45) is 1.53. The Morgan fingerprint density at radius 3 is 2.53 bits per heavy atom. The number of carbonyl (C=O) groups excluding carboxylic acids is 1. The molecule has 4 rings (SSSR count). The summed E-state index contributed by atoms with van der Waals surface area (Å²) in [5.41, 5.74) is 1.36. The lowest BCUT2D eigenvalue weighted by Gasteiger charge is -2.13. The first-order valence-electron chi connectivity index (χ1n) is 8.59. The first kappa shape index (κ1) is 20.2. The number of nitrogens with one attached hydrogen (secondary N) is 1. The van der Waals surface area contributed by atoms with Crippen molar-refractivity contribution in [1.29, 1.82) is 0 Å². The largest absolute Gasteiger partial charge is 0.478 e. The molecule has 0 unspecified atom stereocenters. The predicted molar refractivity (Wildman–Crippen MR) is 119 cm³/mol. The van der Waals surface area contributed by atoms with Gasteiger partial charge in [-0.1, -0.05) is 23.2 Å². The van der Waals surface area contributed by atoms with Crippen LogP contribution in [-0.4, -0.2) is 22.1 Å². The Bertz CT molecular complexity index is 1220. The highest BCUT2D eigenvalue weighted by Crippen LogP contribution is 2.29. The van der Waals surface area contributed by atoms with Crippen molar-refractivity contribution in [3.8, 4) is 11.3 Å². The maximum Gasteiger partial charge on any atom is 0.337 e. The number of anilines is 1. The third-order valence-electron chi connectivity index (χ3n) is 4.36. The van der Waals surface area contributed by atoms with Gasteiger partial charge in [0.25, 0.3) is 5.91 Å². The summed E-state index contributed by atoms with van der Waals surface area (Å²) in [5.74, 6) is -0.635. The first-order valence-corrected chi connectivity index (χ1v) is 9.75. The fraction of sp³-hybridized carbons (Fsp3) is 0. The van der Waals surface area contributed by atoms with E-state index < -0.39 is 5.97 Å². The molecule has 9 heteroatoms. The molecular weight excluding hydrogens is 447 g/mol. The van der Waals surface area contributed by atoms with E-state index >= 15 is 0 Å². The molecule has 0 atom stereocenters. The number of nitrogens with zero attached hydrogens (tertiary/aromatic N) is 1. The Hall–Kier alpha value is -3.13. The van der Waals surface area contributed by atoms with Crippen molar-refractivity contribution in [2.45, 2.75) is 0 Å². The molecule has 30 heavy (non-hydrogen) atoms. The highest BCUT2D eigenvalue weighted by molar-refractivity contribution is 7.80. The van der Waals surface area contributed by atoms with Crippen LogP contribution in [0, 0.1) is 0 Å². The topological polar surface area (TPSA) is 82.8 Å². The number of carboxylic acids is 1. The standard InChI is InChI=1S/C21H12Cl2N2O4S/c22-12-2-4-13(5-3-12)25-19(26)17(24-21(25)30)10-14-6-8-18(29-14)11-1-7-16(23)15(9-11)20(27)28/h1-10H,(H,24,30)(H,27,28). The average Bonchev–Trinajstić information content (AvgIpc) is 3.28. The molecule has 1 aliphatic rings. The van der Waals surface area contributed by atoms with Gasteiger partial charge in [0.1, 0.15) is 17.2 Å². The number of hydrogen-bond acceptors (Lipinski definition) is 4. The Labute approximate surface area is 186 Å². The van der Waals surface area contributed by atoms with Gasteiger partial charge in [0.15, 0.2) is 5.11 Å². The molecule has 0 saturated carbocycles. The van der Waals surface area contributed by atoms with Crippen molar-refractivity contribution in [2.75, 3.05) is 4.90 Å². The van der Waals surface area contributed by atoms with Crippen molar-refractivity contribution in [3.63, 3.8) is 0 Å². The molecule has 2 N–H and O–H groups in total. The van der Waals surface area contributed by atoms with Crippen LogP contribution in [0.5, 0.6) is 0 Å². The summed E-state index contributed by atoms with van der Waals surface area (Å²) in [6, 6.07) is 14.7. The van der Waals surface area contributed by atoms with E-state index in [9.17, 15) is 14.7 Å². The highest BCUT2D eigenvalue weighted by Gasteiger charge is 2.32. The van der Waals surface area contributed by atoms with E-state index in [-0.39, 0.29) is 27.3 Å². The third kappa shape index (κ3) is 3.82. The molecule has 0 bridgehead atoms. The van der Waals surface area contributed by atoms with E-state index in [0.717, 1.165) is 0 Å². The third-order valence-corrected chi connectivity index (χ3v) is 5.22. The lowest BCUT2D eigenvalue weighted by Crippen LogP contribution is -2.30. The van der Waals surface area contributed by atoms with E-state index in [2.05, 4.69) is 5.32 Å². The van der Waals surface area contributed by atoms with Crippen LogP contribution in [0.4, 0.5) is 5.69 Å². The molecule has 3 aromatic rings. The van der Waals surface area contributed by atoms with Crippen LogP contribution >= 0.6 is 35.4 Å². The van der Waals surface area contributed by atoms with E-state index in [0.29, 0.717) is 27.8 Å². The second-order valence-corrected chi connectivity index (χ2v) is 7.54. The van der Waals surface area contributed by atoms with Crippen LogP contribution in [0.15, 0.2) is 64.7 Å². The van der Waals surface area contributed by atoms with Gasteiger partial charge in [0, 0.05) is 16.7 Å². The predicted octanol–water partition coefficient (Wildman–Crippen LogP) is 5.21. The van der Waals surface area contributed by atoms with E-state index in [1.807, 2.05) is 0 Å².